The van der Waals surface area contributed by atoms with Crippen molar-refractivity contribution in [1.29, 1.82) is 0 Å². The van der Waals surface area contributed by atoms with Gasteiger partial charge in [-0.25, -0.2) is 0 Å². The Morgan fingerprint density at radius 3 is 2.00 bits per heavy atom. The first-order chi connectivity index (χ1) is 8.31. The molecule has 0 nitrogen and oxygen atoms in total. The number of hydrogen-bond acceptors (Lipinski definition) is 0. The van der Waals surface area contributed by atoms with E-state index in [9.17, 15) is 0 Å². The average molecular weight is 222 g/mol. The Bertz CT molecular complexity index is 477. The molecular weight excluding hydrogens is 204 g/mol. The van der Waals surface area contributed by atoms with Crippen LogP contribution in [-0.2, 0) is 0 Å². The number of benzene rings is 2. The fraction of sp³-hybridized carbons (Fsp3) is 0.176. The summed E-state index contributed by atoms with van der Waals surface area (Å²) >= 11 is 0. The van der Waals surface area contributed by atoms with Crippen molar-refractivity contribution in [1.82, 2.24) is 0 Å². The van der Waals surface area contributed by atoms with Gasteiger partial charge in [-0.1, -0.05) is 72.3 Å². The van der Waals surface area contributed by atoms with Gasteiger partial charge in [-0.05, 0) is 25.0 Å². The van der Waals surface area contributed by atoms with Gasteiger partial charge in [0.25, 0.3) is 0 Å². The van der Waals surface area contributed by atoms with Crippen LogP contribution in [0.25, 0.3) is 0 Å². The second kappa shape index (κ2) is 5.49. The van der Waals surface area contributed by atoms with E-state index in [1.807, 2.05) is 0 Å². The number of hydrogen-bond donors (Lipinski definition) is 0. The molecule has 0 aliphatic heterocycles. The summed E-state index contributed by atoms with van der Waals surface area (Å²) in [7, 11) is 0. The zero-order valence-corrected chi connectivity index (χ0v) is 10.4. The Morgan fingerprint density at radius 1 is 0.824 bits per heavy atom. The molecule has 0 aliphatic carbocycles. The lowest BCUT2D eigenvalue weighted by Gasteiger charge is -2.14. The molecular formula is C17H18. The summed E-state index contributed by atoms with van der Waals surface area (Å²) in [6.07, 6.45) is 4.37. The van der Waals surface area contributed by atoms with Gasteiger partial charge in [0.1, 0.15) is 0 Å². The molecule has 1 unspecified atom stereocenters. The number of allylic oxidation sites excluding steroid dienone is 2. The van der Waals surface area contributed by atoms with E-state index in [1.165, 1.54) is 16.7 Å². The second-order valence-electron chi connectivity index (χ2n) is 4.32. The molecule has 86 valence electrons. The maximum absolute atomic E-state index is 2.25. The molecule has 0 amide bonds. The topological polar surface area (TPSA) is 0 Å². The molecule has 0 heteroatoms. The molecule has 0 spiro atoms. The van der Waals surface area contributed by atoms with E-state index >= 15 is 0 Å². The Morgan fingerprint density at radius 2 is 1.41 bits per heavy atom. The largest absolute Gasteiger partial charge is 0.0907 e. The van der Waals surface area contributed by atoms with Crippen molar-refractivity contribution in [2.24, 2.45) is 0 Å². The van der Waals surface area contributed by atoms with Gasteiger partial charge in [-0.15, -0.1) is 0 Å². The van der Waals surface area contributed by atoms with Gasteiger partial charge in [0.15, 0.2) is 0 Å². The Balaban J connectivity index is 2.39. The zero-order valence-electron chi connectivity index (χ0n) is 10.4. The monoisotopic (exact) mass is 222 g/mol. The highest BCUT2D eigenvalue weighted by Crippen LogP contribution is 2.26. The predicted octanol–water partition coefficient (Wildman–Crippen LogP) is 4.70. The van der Waals surface area contributed by atoms with Crippen LogP contribution in [0, 0.1) is 6.92 Å². The summed E-state index contributed by atoms with van der Waals surface area (Å²) in [6, 6.07) is 19.4. The quantitative estimate of drug-likeness (QED) is 0.660. The summed E-state index contributed by atoms with van der Waals surface area (Å²) in [5.41, 5.74) is 4.00. The summed E-state index contributed by atoms with van der Waals surface area (Å²) in [5, 5.41) is 0. The summed E-state index contributed by atoms with van der Waals surface area (Å²) in [4.78, 5) is 0. The van der Waals surface area contributed by atoms with Gasteiger partial charge in [0.05, 0.1) is 0 Å². The van der Waals surface area contributed by atoms with Gasteiger partial charge < -0.3 is 0 Å². The lowest BCUT2D eigenvalue weighted by Crippen LogP contribution is -1.97. The van der Waals surface area contributed by atoms with Crippen molar-refractivity contribution < 1.29 is 0 Å². The minimum Gasteiger partial charge on any atom is -0.0907 e. The fourth-order valence-corrected chi connectivity index (χ4v) is 2.04. The third-order valence-corrected chi connectivity index (χ3v) is 2.98. The molecule has 0 aliphatic rings. The summed E-state index contributed by atoms with van der Waals surface area (Å²) in [5.74, 6) is 0.363. The number of aryl methyl sites for hydroxylation is 1. The third-order valence-electron chi connectivity index (χ3n) is 2.98. The molecule has 0 radical (unpaired) electrons. The van der Waals surface area contributed by atoms with Gasteiger partial charge in [0.2, 0.25) is 0 Å². The molecule has 0 heterocycles. The van der Waals surface area contributed by atoms with E-state index in [4.69, 9.17) is 0 Å². The van der Waals surface area contributed by atoms with Gasteiger partial charge >= 0.3 is 0 Å². The highest BCUT2D eigenvalue weighted by atomic mass is 14.1. The van der Waals surface area contributed by atoms with Crippen LogP contribution in [0.15, 0.2) is 66.7 Å². The van der Waals surface area contributed by atoms with Crippen LogP contribution < -0.4 is 0 Å². The smallest absolute Gasteiger partial charge is 0.0269 e. The number of rotatable bonds is 3. The van der Waals surface area contributed by atoms with Crippen LogP contribution in [0.2, 0.25) is 0 Å². The van der Waals surface area contributed by atoms with Crippen molar-refractivity contribution in [3.8, 4) is 0 Å². The molecule has 0 bridgehead atoms. The van der Waals surface area contributed by atoms with E-state index in [-0.39, 0.29) is 0 Å². The molecule has 0 aromatic heterocycles. The Labute approximate surface area is 104 Å². The molecule has 0 saturated carbocycles. The summed E-state index contributed by atoms with van der Waals surface area (Å²) < 4.78 is 0. The SMILES string of the molecule is C/C=C/C(c1ccccc1)c1ccc(C)cc1. The minimum atomic E-state index is 0.363. The molecule has 2 rings (SSSR count). The van der Waals surface area contributed by atoms with E-state index in [1.54, 1.807) is 0 Å². The van der Waals surface area contributed by atoms with E-state index in [0.717, 1.165) is 0 Å². The van der Waals surface area contributed by atoms with E-state index < -0.39 is 0 Å². The average Bonchev–Trinajstić information content (AvgIpc) is 2.38. The predicted molar refractivity (Wildman–Crippen MR) is 74.3 cm³/mol. The molecule has 1 atom stereocenters. The van der Waals surface area contributed by atoms with Crippen molar-refractivity contribution in [3.63, 3.8) is 0 Å². The normalized spacial score (nSPS) is 12.8. The van der Waals surface area contributed by atoms with Crippen LogP contribution >= 0.6 is 0 Å². The first kappa shape index (κ1) is 11.7. The van der Waals surface area contributed by atoms with Gasteiger partial charge in [-0.3, -0.25) is 0 Å². The zero-order chi connectivity index (χ0) is 12.1. The van der Waals surface area contributed by atoms with E-state index in [0.29, 0.717) is 5.92 Å². The first-order valence-corrected chi connectivity index (χ1v) is 6.05. The maximum Gasteiger partial charge on any atom is 0.0269 e. The molecule has 17 heavy (non-hydrogen) atoms. The van der Waals surface area contributed by atoms with Crippen LogP contribution in [0.4, 0.5) is 0 Å². The maximum atomic E-state index is 2.25. The molecule has 0 fully saturated rings. The van der Waals surface area contributed by atoms with Crippen molar-refractivity contribution in [2.45, 2.75) is 19.8 Å². The van der Waals surface area contributed by atoms with Crippen LogP contribution in [0.3, 0.4) is 0 Å². The third kappa shape index (κ3) is 2.85. The molecule has 2 aromatic rings. The molecule has 0 N–H and O–H groups in total. The van der Waals surface area contributed by atoms with E-state index in [2.05, 4.69) is 80.6 Å². The Kier molecular flexibility index (Phi) is 3.77. The van der Waals surface area contributed by atoms with Crippen LogP contribution in [0.5, 0.6) is 0 Å². The fourth-order valence-electron chi connectivity index (χ4n) is 2.04. The van der Waals surface area contributed by atoms with Crippen LogP contribution in [-0.4, -0.2) is 0 Å². The lowest BCUT2D eigenvalue weighted by atomic mass is 9.90. The minimum absolute atomic E-state index is 0.363. The molecule has 0 saturated heterocycles. The van der Waals surface area contributed by atoms with Gasteiger partial charge in [0, 0.05) is 5.92 Å². The van der Waals surface area contributed by atoms with Crippen molar-refractivity contribution in [2.75, 3.05) is 0 Å². The second-order valence-corrected chi connectivity index (χ2v) is 4.32. The van der Waals surface area contributed by atoms with Crippen molar-refractivity contribution >= 4 is 0 Å². The summed E-state index contributed by atoms with van der Waals surface area (Å²) in [6.45, 7) is 4.20. The highest BCUT2D eigenvalue weighted by molar-refractivity contribution is 5.37. The molecule has 2 aromatic carbocycles. The standard InChI is InChI=1S/C17H18/c1-3-7-17(15-8-5-4-6-9-15)16-12-10-14(2)11-13-16/h3-13,17H,1-2H3/b7-3+. The lowest BCUT2D eigenvalue weighted by molar-refractivity contribution is 1.02. The first-order valence-electron chi connectivity index (χ1n) is 6.05. The highest BCUT2D eigenvalue weighted by Gasteiger charge is 2.09. The van der Waals surface area contributed by atoms with Crippen molar-refractivity contribution in [3.05, 3.63) is 83.4 Å². The Hall–Kier alpha value is -1.82. The van der Waals surface area contributed by atoms with Gasteiger partial charge in [-0.2, -0.15) is 0 Å². The van der Waals surface area contributed by atoms with Crippen LogP contribution in [0.1, 0.15) is 29.5 Å².